The van der Waals surface area contributed by atoms with Gasteiger partial charge in [-0.25, -0.2) is 4.68 Å². The van der Waals surface area contributed by atoms with Gasteiger partial charge in [0.05, 0.1) is 0 Å². The second kappa shape index (κ2) is 10.5. The van der Waals surface area contributed by atoms with Gasteiger partial charge in [0.2, 0.25) is 11.1 Å². The Labute approximate surface area is 179 Å². The summed E-state index contributed by atoms with van der Waals surface area (Å²) in [6, 6.07) is 19.7. The molecule has 0 bridgehead atoms. The van der Waals surface area contributed by atoms with Crippen LogP contribution in [0.3, 0.4) is 0 Å². The number of hydrogen-bond acceptors (Lipinski definition) is 5. The summed E-state index contributed by atoms with van der Waals surface area (Å²) in [7, 11) is 0. The first-order valence-corrected chi connectivity index (χ1v) is 10.5. The van der Waals surface area contributed by atoms with Gasteiger partial charge in [-0.05, 0) is 29.4 Å². The molecule has 0 aliphatic carbocycles. The molecule has 2 aromatic carbocycles. The molecule has 29 heavy (non-hydrogen) atoms. The number of carbonyl (C=O) groups excluding carboxylic acids is 1. The van der Waals surface area contributed by atoms with E-state index in [1.165, 1.54) is 11.6 Å². The van der Waals surface area contributed by atoms with E-state index < -0.39 is 0 Å². The van der Waals surface area contributed by atoms with Crippen molar-refractivity contribution in [2.24, 2.45) is 0 Å². The predicted molar refractivity (Wildman–Crippen MR) is 121 cm³/mol. The lowest BCUT2D eigenvalue weighted by atomic mass is 10.2. The van der Waals surface area contributed by atoms with Crippen molar-refractivity contribution in [1.82, 2.24) is 20.2 Å². The van der Waals surface area contributed by atoms with Crippen molar-refractivity contribution in [3.05, 3.63) is 83.7 Å². The molecule has 1 heterocycles. The van der Waals surface area contributed by atoms with Gasteiger partial charge in [-0.3, -0.25) is 15.5 Å². The van der Waals surface area contributed by atoms with E-state index in [2.05, 4.69) is 33.1 Å². The Balaban J connectivity index is 1.61. The van der Waals surface area contributed by atoms with Gasteiger partial charge in [0.1, 0.15) is 0 Å². The van der Waals surface area contributed by atoms with E-state index in [0.717, 1.165) is 17.1 Å². The van der Waals surface area contributed by atoms with Crippen molar-refractivity contribution in [3.8, 4) is 0 Å². The van der Waals surface area contributed by atoms with Gasteiger partial charge in [0.25, 0.3) is 0 Å². The fraction of sp³-hybridized carbons (Fsp3) is 0.143. The molecule has 6 nitrogen and oxygen atoms in total. The molecule has 1 amide bonds. The lowest BCUT2D eigenvalue weighted by Gasteiger charge is -2.13. The highest BCUT2D eigenvalue weighted by Gasteiger charge is 2.13. The highest BCUT2D eigenvalue weighted by Crippen LogP contribution is 2.21. The Hall–Kier alpha value is -2.97. The third-order valence-corrected chi connectivity index (χ3v) is 5.10. The summed E-state index contributed by atoms with van der Waals surface area (Å²) in [5, 5.41) is 12.0. The standard InChI is InChI=1S/C21H21N5OS2/c1-2-18-23-24-21(29-15-17-11-7-4-8-12-17)26(18)25-20(28)22-19(27)14-13-16-9-5-3-6-10-16/h3-14H,2,15H2,1H3,(H2,22,25,27,28). The predicted octanol–water partition coefficient (Wildman–Crippen LogP) is 3.79. The lowest BCUT2D eigenvalue weighted by Crippen LogP contribution is -2.38. The van der Waals surface area contributed by atoms with E-state index in [1.54, 1.807) is 22.5 Å². The van der Waals surface area contributed by atoms with E-state index >= 15 is 0 Å². The molecule has 0 saturated heterocycles. The molecule has 1 aromatic heterocycles. The molecule has 0 saturated carbocycles. The molecule has 0 aliphatic rings. The van der Waals surface area contributed by atoms with E-state index in [-0.39, 0.29) is 11.0 Å². The van der Waals surface area contributed by atoms with Crippen molar-refractivity contribution in [2.75, 3.05) is 5.43 Å². The van der Waals surface area contributed by atoms with Gasteiger partial charge in [0, 0.05) is 18.2 Å². The largest absolute Gasteiger partial charge is 0.298 e. The molecule has 0 spiro atoms. The van der Waals surface area contributed by atoms with Gasteiger partial charge < -0.3 is 0 Å². The monoisotopic (exact) mass is 423 g/mol. The minimum Gasteiger partial charge on any atom is -0.298 e. The smallest absolute Gasteiger partial charge is 0.250 e. The van der Waals surface area contributed by atoms with E-state index in [4.69, 9.17) is 12.2 Å². The maximum absolute atomic E-state index is 12.1. The first-order chi connectivity index (χ1) is 14.2. The van der Waals surface area contributed by atoms with Crippen LogP contribution in [0.4, 0.5) is 0 Å². The Morgan fingerprint density at radius 2 is 1.79 bits per heavy atom. The fourth-order valence-electron chi connectivity index (χ4n) is 2.48. The third kappa shape index (κ3) is 6.27. The highest BCUT2D eigenvalue weighted by molar-refractivity contribution is 7.98. The molecule has 2 N–H and O–H groups in total. The van der Waals surface area contributed by atoms with E-state index in [0.29, 0.717) is 11.6 Å². The second-order valence-corrected chi connectivity index (χ2v) is 7.39. The van der Waals surface area contributed by atoms with Crippen LogP contribution in [0, 0.1) is 0 Å². The summed E-state index contributed by atoms with van der Waals surface area (Å²) in [6.45, 7) is 1.98. The quantitative estimate of drug-likeness (QED) is 0.342. The summed E-state index contributed by atoms with van der Waals surface area (Å²) in [5.41, 5.74) is 5.14. The Morgan fingerprint density at radius 3 is 2.48 bits per heavy atom. The third-order valence-electron chi connectivity index (χ3n) is 3.90. The highest BCUT2D eigenvalue weighted by atomic mass is 32.2. The van der Waals surface area contributed by atoms with Crippen LogP contribution in [0.25, 0.3) is 6.08 Å². The molecule has 0 fully saturated rings. The number of thiocarbonyl (C=S) groups is 1. The maximum atomic E-state index is 12.1. The molecule has 148 valence electrons. The molecular weight excluding hydrogens is 402 g/mol. The van der Waals surface area contributed by atoms with Crippen molar-refractivity contribution in [3.63, 3.8) is 0 Å². The van der Waals surface area contributed by atoms with Crippen LogP contribution in [-0.4, -0.2) is 25.9 Å². The summed E-state index contributed by atoms with van der Waals surface area (Å²) >= 11 is 6.84. The number of hydrogen-bond donors (Lipinski definition) is 2. The summed E-state index contributed by atoms with van der Waals surface area (Å²) < 4.78 is 1.72. The Morgan fingerprint density at radius 1 is 1.10 bits per heavy atom. The molecule has 3 aromatic rings. The summed E-state index contributed by atoms with van der Waals surface area (Å²) in [4.78, 5) is 12.1. The van der Waals surface area contributed by atoms with Gasteiger partial charge in [-0.15, -0.1) is 10.2 Å². The number of nitrogens with one attached hydrogen (secondary N) is 2. The molecule has 8 heteroatoms. The molecule has 3 rings (SSSR count). The fourth-order valence-corrected chi connectivity index (χ4v) is 3.53. The van der Waals surface area contributed by atoms with Gasteiger partial charge >= 0.3 is 0 Å². The lowest BCUT2D eigenvalue weighted by molar-refractivity contribution is -0.115. The normalized spacial score (nSPS) is 10.8. The minimum absolute atomic E-state index is 0.184. The van der Waals surface area contributed by atoms with Crippen molar-refractivity contribution < 1.29 is 4.79 Å². The Kier molecular flexibility index (Phi) is 7.54. The average molecular weight is 424 g/mol. The van der Waals surface area contributed by atoms with Crippen LogP contribution < -0.4 is 10.7 Å². The van der Waals surface area contributed by atoms with Crippen LogP contribution in [0.1, 0.15) is 23.9 Å². The van der Waals surface area contributed by atoms with Crippen LogP contribution in [0.2, 0.25) is 0 Å². The van der Waals surface area contributed by atoms with E-state index in [1.807, 2.05) is 55.5 Å². The van der Waals surface area contributed by atoms with Crippen LogP contribution in [0.5, 0.6) is 0 Å². The van der Waals surface area contributed by atoms with Crippen molar-refractivity contribution >= 4 is 41.1 Å². The number of aromatic nitrogens is 3. The summed E-state index contributed by atoms with van der Waals surface area (Å²) in [6.07, 6.45) is 3.85. The second-order valence-electron chi connectivity index (χ2n) is 6.04. The Bertz CT molecular complexity index is 987. The zero-order chi connectivity index (χ0) is 20.5. The van der Waals surface area contributed by atoms with Gasteiger partial charge in [-0.1, -0.05) is 79.3 Å². The van der Waals surface area contributed by atoms with Crippen molar-refractivity contribution in [2.45, 2.75) is 24.3 Å². The number of carbonyl (C=O) groups is 1. The molecular formula is C21H21N5OS2. The number of rotatable bonds is 7. The summed E-state index contributed by atoms with van der Waals surface area (Å²) in [5.74, 6) is 1.18. The zero-order valence-corrected chi connectivity index (χ0v) is 17.5. The number of thioether (sulfide) groups is 1. The van der Waals surface area contributed by atoms with Gasteiger partial charge in [-0.2, -0.15) is 0 Å². The molecule has 0 radical (unpaired) electrons. The van der Waals surface area contributed by atoms with Crippen LogP contribution in [0.15, 0.2) is 71.9 Å². The maximum Gasteiger partial charge on any atom is 0.250 e. The van der Waals surface area contributed by atoms with Gasteiger partial charge in [0.15, 0.2) is 10.9 Å². The first kappa shape index (κ1) is 20.8. The first-order valence-electron chi connectivity index (χ1n) is 9.12. The molecule has 0 atom stereocenters. The number of amides is 1. The minimum atomic E-state index is -0.309. The average Bonchev–Trinajstić information content (AvgIpc) is 3.13. The zero-order valence-electron chi connectivity index (χ0n) is 15.9. The molecule has 0 aliphatic heterocycles. The SMILES string of the molecule is CCc1nnc(SCc2ccccc2)n1NC(=S)NC(=O)C=Cc1ccccc1. The topological polar surface area (TPSA) is 71.8 Å². The van der Waals surface area contributed by atoms with Crippen molar-refractivity contribution in [1.29, 1.82) is 0 Å². The number of nitrogens with zero attached hydrogens (tertiary/aromatic N) is 3. The molecule has 0 unspecified atom stereocenters. The van der Waals surface area contributed by atoms with Crippen LogP contribution >= 0.6 is 24.0 Å². The van der Waals surface area contributed by atoms with Crippen LogP contribution in [-0.2, 0) is 17.0 Å². The number of benzene rings is 2. The number of aryl methyl sites for hydroxylation is 1. The van der Waals surface area contributed by atoms with E-state index in [9.17, 15) is 4.79 Å².